The predicted molar refractivity (Wildman–Crippen MR) is 114 cm³/mol. The van der Waals surface area contributed by atoms with Crippen molar-refractivity contribution in [3.63, 3.8) is 0 Å². The Hall–Kier alpha value is -2.58. The van der Waals surface area contributed by atoms with Crippen LogP contribution >= 0.6 is 11.3 Å². The number of imidazole rings is 1. The van der Waals surface area contributed by atoms with Crippen molar-refractivity contribution in [3.05, 3.63) is 40.7 Å². The summed E-state index contributed by atoms with van der Waals surface area (Å²) < 4.78 is 1.73. The number of benzene rings is 1. The van der Waals surface area contributed by atoms with Crippen LogP contribution in [0.2, 0.25) is 0 Å². The number of thiazole rings is 1. The molecule has 0 spiro atoms. The number of anilines is 1. The van der Waals surface area contributed by atoms with Gasteiger partial charge in [-0.05, 0) is 52.3 Å². The van der Waals surface area contributed by atoms with Crippen LogP contribution in [0.3, 0.4) is 0 Å². The third-order valence-electron chi connectivity index (χ3n) is 5.45. The number of fused-ring (bicyclic) bond motifs is 1. The smallest absolute Gasteiger partial charge is 0.240 e. The SMILES string of the molecule is Cc1nc(NC(=O)CN2CCCC(C(=O)n3c(C)nc4ccccc43)C2)sc1C. The monoisotopic (exact) mass is 411 g/mol. The summed E-state index contributed by atoms with van der Waals surface area (Å²) in [7, 11) is 0. The Balaban J connectivity index is 1.43. The van der Waals surface area contributed by atoms with E-state index in [0.717, 1.165) is 41.0 Å². The van der Waals surface area contributed by atoms with E-state index in [-0.39, 0.29) is 24.3 Å². The average molecular weight is 412 g/mol. The van der Waals surface area contributed by atoms with E-state index in [2.05, 4.69) is 20.2 Å². The zero-order chi connectivity index (χ0) is 20.5. The Morgan fingerprint density at radius 2 is 2.00 bits per heavy atom. The Morgan fingerprint density at radius 1 is 1.21 bits per heavy atom. The molecule has 1 unspecified atom stereocenters. The van der Waals surface area contributed by atoms with Crippen molar-refractivity contribution < 1.29 is 9.59 Å². The van der Waals surface area contributed by atoms with E-state index >= 15 is 0 Å². The summed E-state index contributed by atoms with van der Waals surface area (Å²) in [4.78, 5) is 37.7. The Bertz CT molecular complexity index is 1050. The van der Waals surface area contributed by atoms with E-state index in [0.29, 0.717) is 17.5 Å². The first-order valence-corrected chi connectivity index (χ1v) is 10.7. The third-order valence-corrected chi connectivity index (χ3v) is 6.43. The highest BCUT2D eigenvalue weighted by atomic mass is 32.1. The lowest BCUT2D eigenvalue weighted by molar-refractivity contribution is -0.117. The molecule has 7 nitrogen and oxygen atoms in total. The molecule has 1 aliphatic rings. The third kappa shape index (κ3) is 4.09. The number of aryl methyl sites for hydroxylation is 3. The molecule has 152 valence electrons. The second kappa shape index (κ2) is 8.04. The van der Waals surface area contributed by atoms with Crippen LogP contribution in [0.15, 0.2) is 24.3 Å². The van der Waals surface area contributed by atoms with Gasteiger partial charge in [0, 0.05) is 11.4 Å². The van der Waals surface area contributed by atoms with E-state index in [4.69, 9.17) is 0 Å². The topological polar surface area (TPSA) is 80.1 Å². The fraction of sp³-hybridized carbons (Fsp3) is 0.429. The number of para-hydroxylation sites is 2. The molecule has 0 radical (unpaired) electrons. The molecule has 8 heteroatoms. The number of piperidine rings is 1. The van der Waals surface area contributed by atoms with Crippen LogP contribution in [0.4, 0.5) is 5.13 Å². The quantitative estimate of drug-likeness (QED) is 0.712. The van der Waals surface area contributed by atoms with Gasteiger partial charge in [-0.1, -0.05) is 12.1 Å². The minimum Gasteiger partial charge on any atom is -0.301 e. The van der Waals surface area contributed by atoms with Crippen molar-refractivity contribution >= 4 is 39.3 Å². The molecule has 1 aliphatic heterocycles. The Kier molecular flexibility index (Phi) is 5.47. The first kappa shape index (κ1) is 19.7. The van der Waals surface area contributed by atoms with Crippen molar-refractivity contribution in [3.8, 4) is 0 Å². The highest BCUT2D eigenvalue weighted by Crippen LogP contribution is 2.24. The normalized spacial score (nSPS) is 17.6. The summed E-state index contributed by atoms with van der Waals surface area (Å²) in [5, 5.41) is 3.52. The van der Waals surface area contributed by atoms with Gasteiger partial charge >= 0.3 is 0 Å². The maximum atomic E-state index is 13.2. The number of hydrogen-bond acceptors (Lipinski definition) is 6. The molecule has 1 fully saturated rings. The summed E-state index contributed by atoms with van der Waals surface area (Å²) >= 11 is 1.49. The van der Waals surface area contributed by atoms with Gasteiger partial charge in [-0.15, -0.1) is 11.3 Å². The van der Waals surface area contributed by atoms with E-state index in [1.807, 2.05) is 45.0 Å². The van der Waals surface area contributed by atoms with Gasteiger partial charge in [0.15, 0.2) is 5.13 Å². The van der Waals surface area contributed by atoms with Gasteiger partial charge in [0.25, 0.3) is 0 Å². The molecule has 0 aliphatic carbocycles. The minimum absolute atomic E-state index is 0.0625. The number of rotatable bonds is 4. The fourth-order valence-corrected chi connectivity index (χ4v) is 4.73. The van der Waals surface area contributed by atoms with Crippen molar-refractivity contribution in [1.82, 2.24) is 19.4 Å². The zero-order valence-electron chi connectivity index (χ0n) is 16.9. The van der Waals surface area contributed by atoms with Gasteiger partial charge in [0.2, 0.25) is 11.8 Å². The number of carbonyl (C=O) groups is 2. The number of nitrogens with zero attached hydrogens (tertiary/aromatic N) is 4. The van der Waals surface area contributed by atoms with E-state index in [1.165, 1.54) is 11.3 Å². The molecule has 29 heavy (non-hydrogen) atoms. The average Bonchev–Trinajstić information content (AvgIpc) is 3.18. The lowest BCUT2D eigenvalue weighted by Crippen LogP contribution is -2.43. The van der Waals surface area contributed by atoms with Gasteiger partial charge < -0.3 is 5.32 Å². The van der Waals surface area contributed by atoms with Crippen LogP contribution in [0.1, 0.15) is 34.0 Å². The molecule has 4 rings (SSSR count). The number of nitrogens with one attached hydrogen (secondary N) is 1. The Labute approximate surface area is 173 Å². The van der Waals surface area contributed by atoms with E-state index in [9.17, 15) is 9.59 Å². The lowest BCUT2D eigenvalue weighted by atomic mass is 9.97. The summed E-state index contributed by atoms with van der Waals surface area (Å²) in [5.74, 6) is 0.543. The number of carbonyl (C=O) groups excluding carboxylic acids is 2. The van der Waals surface area contributed by atoms with Crippen LogP contribution in [0.25, 0.3) is 11.0 Å². The molecule has 0 saturated carbocycles. The number of likely N-dealkylation sites (tertiary alicyclic amines) is 1. The Morgan fingerprint density at radius 3 is 2.76 bits per heavy atom. The first-order chi connectivity index (χ1) is 13.9. The van der Waals surface area contributed by atoms with Crippen molar-refractivity contribution in [1.29, 1.82) is 0 Å². The summed E-state index contributed by atoms with van der Waals surface area (Å²) in [5.41, 5.74) is 2.62. The summed E-state index contributed by atoms with van der Waals surface area (Å²) in [6.07, 6.45) is 1.72. The highest BCUT2D eigenvalue weighted by molar-refractivity contribution is 7.15. The maximum absolute atomic E-state index is 13.2. The van der Waals surface area contributed by atoms with Crippen LogP contribution in [0.5, 0.6) is 0 Å². The predicted octanol–water partition coefficient (Wildman–Crippen LogP) is 3.41. The summed E-state index contributed by atoms with van der Waals surface area (Å²) in [6, 6.07) is 7.70. The van der Waals surface area contributed by atoms with Crippen LogP contribution < -0.4 is 5.32 Å². The van der Waals surface area contributed by atoms with E-state index < -0.39 is 0 Å². The molecule has 1 atom stereocenters. The molecule has 3 aromatic rings. The molecule has 0 bridgehead atoms. The molecule has 1 saturated heterocycles. The number of hydrogen-bond donors (Lipinski definition) is 1. The standard InChI is InChI=1S/C21H25N5O2S/c1-13-14(2)29-21(22-13)24-19(27)12-25-10-6-7-16(11-25)20(28)26-15(3)23-17-8-4-5-9-18(17)26/h4-5,8-9,16H,6-7,10-12H2,1-3H3,(H,22,24,27). The van der Waals surface area contributed by atoms with Gasteiger partial charge in [-0.2, -0.15) is 0 Å². The van der Waals surface area contributed by atoms with Crippen molar-refractivity contribution in [2.75, 3.05) is 25.0 Å². The first-order valence-electron chi connectivity index (χ1n) is 9.87. The van der Waals surface area contributed by atoms with Gasteiger partial charge in [0.1, 0.15) is 5.82 Å². The summed E-state index contributed by atoms with van der Waals surface area (Å²) in [6.45, 7) is 7.45. The molecule has 1 aromatic carbocycles. The minimum atomic E-state index is -0.141. The van der Waals surface area contributed by atoms with Gasteiger partial charge in [-0.25, -0.2) is 9.97 Å². The second-order valence-corrected chi connectivity index (χ2v) is 8.81. The molecule has 2 aromatic heterocycles. The van der Waals surface area contributed by atoms with Crippen molar-refractivity contribution in [2.45, 2.75) is 33.6 Å². The zero-order valence-corrected chi connectivity index (χ0v) is 17.8. The van der Waals surface area contributed by atoms with Crippen LogP contribution in [0, 0.1) is 26.7 Å². The van der Waals surface area contributed by atoms with Crippen molar-refractivity contribution in [2.24, 2.45) is 5.92 Å². The highest BCUT2D eigenvalue weighted by Gasteiger charge is 2.29. The largest absolute Gasteiger partial charge is 0.301 e. The van der Waals surface area contributed by atoms with Crippen LogP contribution in [-0.4, -0.2) is 50.9 Å². The molecule has 1 N–H and O–H groups in total. The number of aromatic nitrogens is 3. The molecular weight excluding hydrogens is 386 g/mol. The number of amides is 1. The molecular formula is C21H25N5O2S. The van der Waals surface area contributed by atoms with Crippen LogP contribution in [-0.2, 0) is 4.79 Å². The fourth-order valence-electron chi connectivity index (χ4n) is 3.90. The maximum Gasteiger partial charge on any atom is 0.240 e. The lowest BCUT2D eigenvalue weighted by Gasteiger charge is -2.31. The second-order valence-electron chi connectivity index (χ2n) is 7.60. The molecule has 3 heterocycles. The molecule has 1 amide bonds. The van der Waals surface area contributed by atoms with E-state index in [1.54, 1.807) is 4.57 Å². The van der Waals surface area contributed by atoms with Gasteiger partial charge in [-0.3, -0.25) is 19.1 Å². The van der Waals surface area contributed by atoms with Gasteiger partial charge in [0.05, 0.1) is 29.2 Å².